The van der Waals surface area contributed by atoms with Crippen molar-refractivity contribution < 1.29 is 9.47 Å². The standard InChI is InChI=1S/C23H28N8O2S/c1-4-25-21(33-17-11-23(12-17)2-9-32-10-3-23)29-18(1)19-15-28-22(34-19)30-20-26-13-16(14-27-20)31-7-5-24-6-8-31/h1,4,13-15,17,24H,2-3,5-12H2,(H,26,27,28,30). The van der Waals surface area contributed by atoms with E-state index in [2.05, 4.69) is 40.5 Å². The molecular weight excluding hydrogens is 452 g/mol. The summed E-state index contributed by atoms with van der Waals surface area (Å²) in [6.07, 6.45) is 11.8. The van der Waals surface area contributed by atoms with Gasteiger partial charge in [-0.3, -0.25) is 0 Å². The highest BCUT2D eigenvalue weighted by Crippen LogP contribution is 2.49. The molecule has 0 aromatic carbocycles. The van der Waals surface area contributed by atoms with Crippen LogP contribution in [0.2, 0.25) is 0 Å². The van der Waals surface area contributed by atoms with Crippen LogP contribution < -0.4 is 20.3 Å². The summed E-state index contributed by atoms with van der Waals surface area (Å²) >= 11 is 1.50. The maximum Gasteiger partial charge on any atom is 0.317 e. The van der Waals surface area contributed by atoms with Crippen molar-refractivity contribution in [3.8, 4) is 16.6 Å². The molecule has 34 heavy (non-hydrogen) atoms. The van der Waals surface area contributed by atoms with Gasteiger partial charge in [-0.15, -0.1) is 0 Å². The summed E-state index contributed by atoms with van der Waals surface area (Å²) in [7, 11) is 0. The molecule has 6 rings (SSSR count). The van der Waals surface area contributed by atoms with Crippen LogP contribution in [0.3, 0.4) is 0 Å². The first-order valence-electron chi connectivity index (χ1n) is 11.8. The second-order valence-corrected chi connectivity index (χ2v) is 10.2. The van der Waals surface area contributed by atoms with E-state index < -0.39 is 0 Å². The first kappa shape index (κ1) is 21.6. The normalized spacial score (nSPS) is 20.2. The van der Waals surface area contributed by atoms with Crippen LogP contribution in [0.4, 0.5) is 16.8 Å². The fraction of sp³-hybridized carbons (Fsp3) is 0.522. The van der Waals surface area contributed by atoms with Crippen LogP contribution in [0.25, 0.3) is 10.6 Å². The number of aromatic nitrogens is 5. The minimum atomic E-state index is 0.188. The fourth-order valence-corrected chi connectivity index (χ4v) is 5.68. The van der Waals surface area contributed by atoms with Gasteiger partial charge in [-0.05, 0) is 37.2 Å². The van der Waals surface area contributed by atoms with E-state index in [1.165, 1.54) is 11.3 Å². The maximum absolute atomic E-state index is 6.08. The summed E-state index contributed by atoms with van der Waals surface area (Å²) in [5.41, 5.74) is 2.24. The largest absolute Gasteiger partial charge is 0.460 e. The monoisotopic (exact) mass is 480 g/mol. The molecule has 3 aliphatic rings. The third kappa shape index (κ3) is 4.68. The van der Waals surface area contributed by atoms with Gasteiger partial charge in [-0.1, -0.05) is 11.3 Å². The quantitative estimate of drug-likeness (QED) is 0.546. The molecule has 2 aliphatic heterocycles. The molecule has 10 nitrogen and oxygen atoms in total. The fourth-order valence-electron chi connectivity index (χ4n) is 4.90. The first-order valence-corrected chi connectivity index (χ1v) is 12.6. The lowest BCUT2D eigenvalue weighted by atomic mass is 9.62. The molecule has 1 saturated carbocycles. The molecule has 0 radical (unpaired) electrons. The Hall–Kier alpha value is -2.89. The minimum absolute atomic E-state index is 0.188. The van der Waals surface area contributed by atoms with Crippen LogP contribution in [0.1, 0.15) is 25.7 Å². The number of ether oxygens (including phenoxy) is 2. The van der Waals surface area contributed by atoms with E-state index in [-0.39, 0.29) is 6.10 Å². The van der Waals surface area contributed by atoms with E-state index in [9.17, 15) is 0 Å². The topological polar surface area (TPSA) is 110 Å². The van der Waals surface area contributed by atoms with E-state index in [4.69, 9.17) is 9.47 Å². The molecule has 0 atom stereocenters. The van der Waals surface area contributed by atoms with E-state index in [1.807, 2.05) is 18.5 Å². The molecular formula is C23H28N8O2S. The molecule has 11 heteroatoms. The van der Waals surface area contributed by atoms with Gasteiger partial charge in [0.25, 0.3) is 0 Å². The van der Waals surface area contributed by atoms with Crippen molar-refractivity contribution in [1.29, 1.82) is 0 Å². The summed E-state index contributed by atoms with van der Waals surface area (Å²) in [6, 6.07) is 2.31. The number of nitrogens with one attached hydrogen (secondary N) is 2. The predicted octanol–water partition coefficient (Wildman–Crippen LogP) is 2.88. The molecule has 178 valence electrons. The van der Waals surface area contributed by atoms with Crippen LogP contribution in [0.15, 0.2) is 30.9 Å². The lowest BCUT2D eigenvalue weighted by Gasteiger charge is -2.49. The zero-order chi connectivity index (χ0) is 22.8. The second kappa shape index (κ2) is 9.40. The average molecular weight is 481 g/mol. The second-order valence-electron chi connectivity index (χ2n) is 9.14. The van der Waals surface area contributed by atoms with Gasteiger partial charge in [0, 0.05) is 51.8 Å². The van der Waals surface area contributed by atoms with Crippen molar-refractivity contribution in [2.45, 2.75) is 31.8 Å². The number of anilines is 3. The summed E-state index contributed by atoms with van der Waals surface area (Å²) < 4.78 is 11.6. The Labute approximate surface area is 202 Å². The molecule has 0 unspecified atom stereocenters. The summed E-state index contributed by atoms with van der Waals surface area (Å²) in [4.78, 5) is 25.6. The van der Waals surface area contributed by atoms with Crippen molar-refractivity contribution >= 4 is 28.1 Å². The Bertz CT molecular complexity index is 1100. The number of piperazine rings is 1. The average Bonchev–Trinajstić information content (AvgIpc) is 3.33. The molecule has 3 aromatic heterocycles. The minimum Gasteiger partial charge on any atom is -0.460 e. The van der Waals surface area contributed by atoms with Crippen LogP contribution in [-0.2, 0) is 4.74 Å². The Morgan fingerprint density at radius 3 is 2.65 bits per heavy atom. The summed E-state index contributed by atoms with van der Waals surface area (Å²) in [5.74, 6) is 0.526. The Morgan fingerprint density at radius 2 is 1.85 bits per heavy atom. The number of nitrogens with zero attached hydrogens (tertiary/aromatic N) is 6. The van der Waals surface area contributed by atoms with E-state index in [0.717, 1.165) is 81.3 Å². The van der Waals surface area contributed by atoms with Gasteiger partial charge in [0.15, 0.2) is 5.13 Å². The van der Waals surface area contributed by atoms with Crippen molar-refractivity contribution in [3.05, 3.63) is 30.9 Å². The van der Waals surface area contributed by atoms with E-state index in [0.29, 0.717) is 22.5 Å². The van der Waals surface area contributed by atoms with Gasteiger partial charge in [-0.2, -0.15) is 4.98 Å². The molecule has 5 heterocycles. The summed E-state index contributed by atoms with van der Waals surface area (Å²) in [6.45, 7) is 5.63. The SMILES string of the molecule is c1cc(-c2cnc(Nc3ncc(N4CCNCC4)cn3)s2)nc(OC2CC3(CCOCC3)C2)n1. The molecule has 1 aliphatic carbocycles. The number of rotatable bonds is 6. The van der Waals surface area contributed by atoms with Gasteiger partial charge in [0.2, 0.25) is 5.95 Å². The van der Waals surface area contributed by atoms with Crippen LogP contribution in [-0.4, -0.2) is 70.4 Å². The number of hydrogen-bond acceptors (Lipinski definition) is 11. The first-order chi connectivity index (χ1) is 16.7. The van der Waals surface area contributed by atoms with E-state index >= 15 is 0 Å². The van der Waals surface area contributed by atoms with Crippen molar-refractivity contribution in [2.24, 2.45) is 5.41 Å². The smallest absolute Gasteiger partial charge is 0.317 e. The molecule has 1 spiro atoms. The third-order valence-corrected chi connectivity index (χ3v) is 7.81. The molecule has 0 bridgehead atoms. The highest BCUT2D eigenvalue weighted by atomic mass is 32.1. The van der Waals surface area contributed by atoms with Crippen LogP contribution in [0.5, 0.6) is 6.01 Å². The molecule has 3 aromatic rings. The van der Waals surface area contributed by atoms with Crippen LogP contribution >= 0.6 is 11.3 Å². The van der Waals surface area contributed by atoms with Crippen molar-refractivity contribution in [3.63, 3.8) is 0 Å². The maximum atomic E-state index is 6.08. The molecule has 3 fully saturated rings. The molecule has 0 amide bonds. The zero-order valence-electron chi connectivity index (χ0n) is 18.9. The lowest BCUT2D eigenvalue weighted by Crippen LogP contribution is -2.47. The Kier molecular flexibility index (Phi) is 5.98. The zero-order valence-corrected chi connectivity index (χ0v) is 19.8. The van der Waals surface area contributed by atoms with Crippen molar-refractivity contribution in [1.82, 2.24) is 30.2 Å². The highest BCUT2D eigenvalue weighted by molar-refractivity contribution is 7.18. The highest BCUT2D eigenvalue weighted by Gasteiger charge is 2.46. The molecule has 2 saturated heterocycles. The molecule has 2 N–H and O–H groups in total. The van der Waals surface area contributed by atoms with Crippen LogP contribution in [0, 0.1) is 5.41 Å². The Balaban J connectivity index is 1.07. The van der Waals surface area contributed by atoms with Gasteiger partial charge in [-0.25, -0.2) is 19.9 Å². The van der Waals surface area contributed by atoms with Gasteiger partial charge in [0.1, 0.15) is 6.10 Å². The van der Waals surface area contributed by atoms with Gasteiger partial charge >= 0.3 is 6.01 Å². The summed E-state index contributed by atoms with van der Waals surface area (Å²) in [5, 5.41) is 7.26. The third-order valence-electron chi connectivity index (χ3n) is 6.88. The van der Waals surface area contributed by atoms with Gasteiger partial charge in [0.05, 0.1) is 28.7 Å². The van der Waals surface area contributed by atoms with E-state index in [1.54, 1.807) is 12.4 Å². The number of thiazole rings is 1. The predicted molar refractivity (Wildman–Crippen MR) is 130 cm³/mol. The Morgan fingerprint density at radius 1 is 1.06 bits per heavy atom. The van der Waals surface area contributed by atoms with Crippen molar-refractivity contribution in [2.75, 3.05) is 49.6 Å². The van der Waals surface area contributed by atoms with Gasteiger partial charge < -0.3 is 25.0 Å². The lowest BCUT2D eigenvalue weighted by molar-refractivity contribution is -0.0880. The number of hydrogen-bond donors (Lipinski definition) is 2.